The summed E-state index contributed by atoms with van der Waals surface area (Å²) in [7, 11) is -4.62. The van der Waals surface area contributed by atoms with Crippen LogP contribution in [0.25, 0.3) is 0 Å². The van der Waals surface area contributed by atoms with Crippen molar-refractivity contribution < 1.29 is 28.0 Å². The molecule has 0 saturated carbocycles. The van der Waals surface area contributed by atoms with Crippen LogP contribution in [0.1, 0.15) is 11.1 Å². The SMILES string of the molecule is Cc1ccc(CP(=O)(OF)OF)c([N+](=O)[O-])c1. The van der Waals surface area contributed by atoms with E-state index in [0.29, 0.717) is 5.56 Å². The standard InChI is InChI=1S/C8H8F2NO5P/c1-6-2-3-7(8(4-6)11(12)13)5-17(14,15-9)16-10/h2-4H,5H2,1H3. The van der Waals surface area contributed by atoms with Gasteiger partial charge in [0.2, 0.25) is 0 Å². The normalized spacial score (nSPS) is 11.5. The zero-order valence-corrected chi connectivity index (χ0v) is 9.53. The lowest BCUT2D eigenvalue weighted by Gasteiger charge is -2.07. The second-order valence-corrected chi connectivity index (χ2v) is 5.11. The van der Waals surface area contributed by atoms with Crippen molar-refractivity contribution in [3.05, 3.63) is 39.4 Å². The average molecular weight is 267 g/mol. The summed E-state index contributed by atoms with van der Waals surface area (Å²) in [5, 5.41) is 10.7. The van der Waals surface area contributed by atoms with Crippen molar-refractivity contribution in [3.63, 3.8) is 0 Å². The third-order valence-electron chi connectivity index (χ3n) is 2.01. The van der Waals surface area contributed by atoms with Gasteiger partial charge in [-0.15, -0.1) is 9.46 Å². The van der Waals surface area contributed by atoms with Gasteiger partial charge in [-0.3, -0.25) is 14.7 Å². The summed E-state index contributed by atoms with van der Waals surface area (Å²) in [5.74, 6) is 0. The summed E-state index contributed by atoms with van der Waals surface area (Å²) in [6.07, 6.45) is -0.864. The van der Waals surface area contributed by atoms with Crippen LogP contribution in [0.15, 0.2) is 18.2 Å². The molecule has 0 bridgehead atoms. The Morgan fingerprint density at radius 1 is 1.41 bits per heavy atom. The first-order chi connectivity index (χ1) is 7.91. The second-order valence-electron chi connectivity index (χ2n) is 3.30. The lowest BCUT2D eigenvalue weighted by Crippen LogP contribution is -1.98. The molecule has 0 spiro atoms. The zero-order chi connectivity index (χ0) is 13.1. The molecule has 17 heavy (non-hydrogen) atoms. The first kappa shape index (κ1) is 13.7. The summed E-state index contributed by atoms with van der Waals surface area (Å²) >= 11 is 0. The minimum Gasteiger partial charge on any atom is -0.258 e. The molecule has 0 heterocycles. The van der Waals surface area contributed by atoms with Crippen molar-refractivity contribution in [1.82, 2.24) is 0 Å². The Kier molecular flexibility index (Phi) is 4.28. The number of rotatable bonds is 5. The summed E-state index contributed by atoms with van der Waals surface area (Å²) < 4.78 is 40.6. The van der Waals surface area contributed by atoms with Crippen LogP contribution in [0, 0.1) is 17.0 Å². The summed E-state index contributed by atoms with van der Waals surface area (Å²) in [5.41, 5.74) is 0.0381. The van der Waals surface area contributed by atoms with Gasteiger partial charge in [-0.25, -0.2) is 0 Å². The van der Waals surface area contributed by atoms with E-state index >= 15 is 0 Å². The molecule has 0 saturated heterocycles. The molecule has 0 aliphatic carbocycles. The van der Waals surface area contributed by atoms with Gasteiger partial charge in [0.1, 0.15) is 0 Å². The molecule has 1 aromatic carbocycles. The predicted molar refractivity (Wildman–Crippen MR) is 53.5 cm³/mol. The van der Waals surface area contributed by atoms with Crippen LogP contribution >= 0.6 is 7.60 Å². The Morgan fingerprint density at radius 3 is 2.47 bits per heavy atom. The minimum atomic E-state index is -4.62. The predicted octanol–water partition coefficient (Wildman–Crippen LogP) is 3.40. The molecule has 0 amide bonds. The Balaban J connectivity index is 3.14. The summed E-state index contributed by atoms with van der Waals surface area (Å²) in [6.45, 7) is 1.60. The van der Waals surface area contributed by atoms with Gasteiger partial charge in [-0.2, -0.15) is 0 Å². The van der Waals surface area contributed by atoms with Crippen LogP contribution in [0.2, 0.25) is 0 Å². The molecule has 1 rings (SSSR count). The highest BCUT2D eigenvalue weighted by Gasteiger charge is 2.31. The van der Waals surface area contributed by atoms with Gasteiger partial charge in [0.05, 0.1) is 11.1 Å². The molecule has 9 heteroatoms. The van der Waals surface area contributed by atoms with Crippen LogP contribution in [0.4, 0.5) is 14.7 Å². The second kappa shape index (κ2) is 5.31. The van der Waals surface area contributed by atoms with E-state index in [1.807, 2.05) is 0 Å². The quantitative estimate of drug-likeness (QED) is 0.464. The number of nitrogens with zero attached hydrogens (tertiary/aromatic N) is 1. The summed E-state index contributed by atoms with van der Waals surface area (Å²) in [4.78, 5) is 9.94. The van der Waals surface area contributed by atoms with Crippen LogP contribution in [-0.4, -0.2) is 4.92 Å². The highest BCUT2D eigenvalue weighted by molar-refractivity contribution is 7.52. The van der Waals surface area contributed by atoms with E-state index in [0.717, 1.165) is 0 Å². The van der Waals surface area contributed by atoms with Crippen molar-refractivity contribution >= 4 is 13.3 Å². The molecule has 1 aromatic rings. The van der Waals surface area contributed by atoms with E-state index in [9.17, 15) is 23.7 Å². The molecule has 0 unspecified atom stereocenters. The van der Waals surface area contributed by atoms with Gasteiger partial charge in [-0.1, -0.05) is 12.1 Å². The van der Waals surface area contributed by atoms with E-state index in [2.05, 4.69) is 9.46 Å². The first-order valence-electron chi connectivity index (χ1n) is 4.35. The molecular formula is C8H8F2NO5P. The van der Waals surface area contributed by atoms with Crippen molar-refractivity contribution in [3.8, 4) is 0 Å². The Labute approximate surface area is 94.6 Å². The van der Waals surface area contributed by atoms with E-state index in [1.54, 1.807) is 6.92 Å². The number of halogens is 2. The molecular weight excluding hydrogens is 259 g/mol. The Hall–Kier alpha value is -1.37. The fourth-order valence-corrected chi connectivity index (χ4v) is 2.05. The molecule has 0 N–H and O–H groups in total. The number of hydrogen-bond acceptors (Lipinski definition) is 5. The maximum atomic E-state index is 11.8. The molecule has 0 atom stereocenters. The van der Waals surface area contributed by atoms with E-state index in [-0.39, 0.29) is 5.56 Å². The van der Waals surface area contributed by atoms with Crippen molar-refractivity contribution in [2.75, 3.05) is 0 Å². The summed E-state index contributed by atoms with van der Waals surface area (Å²) in [6, 6.07) is 3.90. The van der Waals surface area contributed by atoms with Crippen LogP contribution in [-0.2, 0) is 20.2 Å². The minimum absolute atomic E-state index is 0.140. The molecule has 0 aliphatic heterocycles. The van der Waals surface area contributed by atoms with Gasteiger partial charge in [0.25, 0.3) is 5.69 Å². The number of benzene rings is 1. The van der Waals surface area contributed by atoms with E-state index in [1.165, 1.54) is 18.2 Å². The van der Waals surface area contributed by atoms with Crippen molar-refractivity contribution in [2.45, 2.75) is 13.1 Å². The Bertz CT molecular complexity index is 473. The van der Waals surface area contributed by atoms with Crippen LogP contribution < -0.4 is 0 Å². The maximum absolute atomic E-state index is 11.8. The topological polar surface area (TPSA) is 78.7 Å². The third-order valence-corrected chi connectivity index (χ3v) is 3.16. The van der Waals surface area contributed by atoms with Gasteiger partial charge in [0, 0.05) is 11.6 Å². The van der Waals surface area contributed by atoms with Gasteiger partial charge in [0.15, 0.2) is 0 Å². The smallest absolute Gasteiger partial charge is 0.258 e. The third kappa shape index (κ3) is 3.29. The fourth-order valence-electron chi connectivity index (χ4n) is 1.25. The van der Waals surface area contributed by atoms with E-state index in [4.69, 9.17) is 0 Å². The molecule has 6 nitrogen and oxygen atoms in total. The van der Waals surface area contributed by atoms with Crippen LogP contribution in [0.3, 0.4) is 0 Å². The number of nitro benzene ring substituents is 1. The first-order valence-corrected chi connectivity index (χ1v) is 6.08. The van der Waals surface area contributed by atoms with Gasteiger partial charge >= 0.3 is 7.60 Å². The Morgan fingerprint density at radius 2 is 2.00 bits per heavy atom. The lowest BCUT2D eigenvalue weighted by atomic mass is 10.1. The lowest BCUT2D eigenvalue weighted by molar-refractivity contribution is -0.385. The van der Waals surface area contributed by atoms with Gasteiger partial charge < -0.3 is 0 Å². The fraction of sp³-hybridized carbons (Fsp3) is 0.250. The van der Waals surface area contributed by atoms with Gasteiger partial charge in [-0.05, 0) is 21.5 Å². The highest BCUT2D eigenvalue weighted by Crippen LogP contribution is 2.53. The molecule has 94 valence electrons. The largest absolute Gasteiger partial charge is 0.399 e. The molecule has 0 radical (unpaired) electrons. The van der Waals surface area contributed by atoms with E-state index < -0.39 is 24.4 Å². The number of aryl methyl sites for hydroxylation is 1. The zero-order valence-electron chi connectivity index (χ0n) is 8.63. The maximum Gasteiger partial charge on any atom is 0.399 e. The average Bonchev–Trinajstić information content (AvgIpc) is 2.31. The van der Waals surface area contributed by atoms with Crippen LogP contribution in [0.5, 0.6) is 0 Å². The molecule has 0 aliphatic rings. The number of hydrogen-bond donors (Lipinski definition) is 0. The van der Waals surface area contributed by atoms with Crippen molar-refractivity contribution in [2.24, 2.45) is 0 Å². The molecule has 0 aromatic heterocycles. The highest BCUT2D eigenvalue weighted by atomic mass is 31.2. The monoisotopic (exact) mass is 267 g/mol. The van der Waals surface area contributed by atoms with Crippen molar-refractivity contribution in [1.29, 1.82) is 0 Å². The number of nitro groups is 1. The molecule has 0 fully saturated rings.